The number of fused-ring (bicyclic) bond motifs is 1. The molecule has 0 aliphatic carbocycles. The fourth-order valence-electron chi connectivity index (χ4n) is 2.13. The molecule has 0 saturated heterocycles. The summed E-state index contributed by atoms with van der Waals surface area (Å²) >= 11 is 3.41. The zero-order chi connectivity index (χ0) is 17.1. The van der Waals surface area contributed by atoms with Crippen LogP contribution in [0.3, 0.4) is 0 Å². The lowest BCUT2D eigenvalue weighted by atomic mass is 10.2. The predicted molar refractivity (Wildman–Crippen MR) is 90.5 cm³/mol. The Balaban J connectivity index is 1.98. The molecule has 1 aromatic carbocycles. The summed E-state index contributed by atoms with van der Waals surface area (Å²) in [6, 6.07) is 9.85. The summed E-state index contributed by atoms with van der Waals surface area (Å²) in [6.07, 6.45) is 0. The normalized spacial score (nSPS) is 10.8. The first-order chi connectivity index (χ1) is 11.6. The minimum Gasteiger partial charge on any atom is -0.466 e. The monoisotopic (exact) mass is 391 g/mol. The van der Waals surface area contributed by atoms with E-state index in [0.29, 0.717) is 22.4 Å². The van der Waals surface area contributed by atoms with Crippen LogP contribution in [-0.2, 0) is 16.1 Å². The van der Waals surface area contributed by atoms with Crippen molar-refractivity contribution in [1.82, 2.24) is 19.5 Å². The lowest BCUT2D eigenvalue weighted by molar-refractivity contribution is -0.143. The van der Waals surface area contributed by atoms with Crippen LogP contribution in [0, 0.1) is 0 Å². The lowest BCUT2D eigenvalue weighted by Crippen LogP contribution is -2.14. The van der Waals surface area contributed by atoms with Gasteiger partial charge in [0.05, 0.1) is 13.7 Å². The Morgan fingerprint density at radius 1 is 1.25 bits per heavy atom. The van der Waals surface area contributed by atoms with Crippen molar-refractivity contribution in [3.63, 3.8) is 0 Å². The van der Waals surface area contributed by atoms with Gasteiger partial charge in [0, 0.05) is 0 Å². The van der Waals surface area contributed by atoms with Gasteiger partial charge in [-0.1, -0.05) is 30.3 Å². The maximum absolute atomic E-state index is 11.2. The van der Waals surface area contributed by atoms with E-state index in [1.54, 1.807) is 0 Å². The maximum atomic E-state index is 11.2. The van der Waals surface area contributed by atoms with Crippen molar-refractivity contribution in [3.8, 4) is 6.01 Å². The molecule has 0 fully saturated rings. The molecule has 9 heteroatoms. The van der Waals surface area contributed by atoms with Crippen LogP contribution in [0.2, 0.25) is 0 Å². The number of nitrogens with two attached hydrogens (primary N) is 1. The minimum atomic E-state index is -0.531. The van der Waals surface area contributed by atoms with Crippen LogP contribution >= 0.6 is 15.9 Å². The van der Waals surface area contributed by atoms with Crippen LogP contribution in [0.1, 0.15) is 5.56 Å². The standard InChI is InChI=1S/C15H14BrN5O3/c1-23-10(22)8-24-15-19-12(17)11-13(20-15)21(14(16)18-11)7-9-5-3-2-4-6-9/h2-6H,7-8H2,1H3,(H2,17,19,20). The summed E-state index contributed by atoms with van der Waals surface area (Å²) < 4.78 is 12.2. The van der Waals surface area contributed by atoms with Crippen LogP contribution in [0.4, 0.5) is 5.82 Å². The molecule has 2 N–H and O–H groups in total. The first-order valence-electron chi connectivity index (χ1n) is 7.01. The summed E-state index contributed by atoms with van der Waals surface area (Å²) in [7, 11) is 1.27. The van der Waals surface area contributed by atoms with Gasteiger partial charge in [0.15, 0.2) is 28.3 Å². The molecule has 3 aromatic rings. The summed E-state index contributed by atoms with van der Waals surface area (Å²) in [5.74, 6) is -0.358. The summed E-state index contributed by atoms with van der Waals surface area (Å²) in [4.78, 5) is 23.8. The Bertz CT molecular complexity index is 882. The number of methoxy groups -OCH3 is 1. The fourth-order valence-corrected chi connectivity index (χ4v) is 2.60. The van der Waals surface area contributed by atoms with Gasteiger partial charge < -0.3 is 15.2 Å². The highest BCUT2D eigenvalue weighted by Crippen LogP contribution is 2.25. The number of carbonyl (C=O) groups excluding carboxylic acids is 1. The highest BCUT2D eigenvalue weighted by Gasteiger charge is 2.16. The topological polar surface area (TPSA) is 105 Å². The average molecular weight is 392 g/mol. The van der Waals surface area contributed by atoms with E-state index >= 15 is 0 Å². The second-order valence-corrected chi connectivity index (χ2v) is 5.59. The van der Waals surface area contributed by atoms with Gasteiger partial charge in [-0.2, -0.15) is 9.97 Å². The van der Waals surface area contributed by atoms with E-state index in [9.17, 15) is 4.79 Å². The molecule has 124 valence electrons. The number of nitrogen functional groups attached to an aromatic ring is 1. The number of nitrogens with zero attached hydrogens (tertiary/aromatic N) is 4. The molecule has 24 heavy (non-hydrogen) atoms. The molecule has 0 saturated carbocycles. The molecular weight excluding hydrogens is 378 g/mol. The van der Waals surface area contributed by atoms with Crippen LogP contribution in [0.25, 0.3) is 11.2 Å². The number of anilines is 1. The number of halogens is 1. The van der Waals surface area contributed by atoms with Gasteiger partial charge in [-0.05, 0) is 21.5 Å². The number of hydrogen-bond donors (Lipinski definition) is 1. The molecule has 0 radical (unpaired) electrons. The number of benzene rings is 1. The van der Waals surface area contributed by atoms with Gasteiger partial charge >= 0.3 is 12.0 Å². The first-order valence-corrected chi connectivity index (χ1v) is 7.80. The second kappa shape index (κ2) is 6.83. The van der Waals surface area contributed by atoms with Crippen molar-refractivity contribution in [2.24, 2.45) is 0 Å². The molecule has 0 bridgehead atoms. The van der Waals surface area contributed by atoms with E-state index < -0.39 is 5.97 Å². The van der Waals surface area contributed by atoms with Gasteiger partial charge in [0.25, 0.3) is 0 Å². The van der Waals surface area contributed by atoms with E-state index in [2.05, 4.69) is 35.6 Å². The largest absolute Gasteiger partial charge is 0.466 e. The van der Waals surface area contributed by atoms with Crippen molar-refractivity contribution >= 4 is 38.9 Å². The smallest absolute Gasteiger partial charge is 0.344 e. The van der Waals surface area contributed by atoms with E-state index in [-0.39, 0.29) is 18.4 Å². The number of ether oxygens (including phenoxy) is 2. The SMILES string of the molecule is COC(=O)COc1nc(N)c2nc(Br)n(Cc3ccccc3)c2n1. The Kier molecular flexibility index (Phi) is 4.61. The van der Waals surface area contributed by atoms with Gasteiger partial charge in [-0.15, -0.1) is 0 Å². The predicted octanol–water partition coefficient (Wildman–Crippen LogP) is 1.77. The van der Waals surface area contributed by atoms with Crippen LogP contribution in [0.5, 0.6) is 6.01 Å². The third-order valence-corrected chi connectivity index (χ3v) is 3.89. The number of rotatable bonds is 5. The molecule has 0 unspecified atom stereocenters. The molecule has 2 aromatic heterocycles. The second-order valence-electron chi connectivity index (χ2n) is 4.88. The highest BCUT2D eigenvalue weighted by atomic mass is 79.9. The van der Waals surface area contributed by atoms with Gasteiger partial charge in [-0.3, -0.25) is 4.57 Å². The molecule has 0 amide bonds. The minimum absolute atomic E-state index is 0.00730. The lowest BCUT2D eigenvalue weighted by Gasteiger charge is -2.07. The summed E-state index contributed by atoms with van der Waals surface area (Å²) in [5.41, 5.74) is 7.98. The molecular formula is C15H14BrN5O3. The van der Waals surface area contributed by atoms with Gasteiger partial charge in [-0.25, -0.2) is 9.78 Å². The van der Waals surface area contributed by atoms with Gasteiger partial charge in [0.1, 0.15) is 0 Å². The van der Waals surface area contributed by atoms with Crippen molar-refractivity contribution in [1.29, 1.82) is 0 Å². The molecule has 0 aliphatic heterocycles. The van der Waals surface area contributed by atoms with E-state index in [1.165, 1.54) is 7.11 Å². The van der Waals surface area contributed by atoms with E-state index in [4.69, 9.17) is 10.5 Å². The summed E-state index contributed by atoms with van der Waals surface area (Å²) in [5, 5.41) is 0. The molecule has 0 aliphatic rings. The van der Waals surface area contributed by atoms with Crippen molar-refractivity contribution in [3.05, 3.63) is 40.6 Å². The fraction of sp³-hybridized carbons (Fsp3) is 0.200. The molecule has 3 rings (SSSR count). The number of aromatic nitrogens is 4. The van der Waals surface area contributed by atoms with Gasteiger partial charge in [0.2, 0.25) is 0 Å². The third-order valence-electron chi connectivity index (χ3n) is 3.28. The zero-order valence-corrected chi connectivity index (χ0v) is 14.4. The summed E-state index contributed by atoms with van der Waals surface area (Å²) in [6.45, 7) is 0.250. The van der Waals surface area contributed by atoms with Crippen LogP contribution in [-0.4, -0.2) is 39.2 Å². The Labute approximate surface area is 145 Å². The van der Waals surface area contributed by atoms with Crippen LogP contribution < -0.4 is 10.5 Å². The quantitative estimate of drug-likeness (QED) is 0.521. The molecule has 0 atom stereocenters. The molecule has 8 nitrogen and oxygen atoms in total. The van der Waals surface area contributed by atoms with E-state index in [0.717, 1.165) is 5.56 Å². The van der Waals surface area contributed by atoms with Crippen molar-refractivity contribution in [2.75, 3.05) is 19.5 Å². The number of imidazole rings is 1. The van der Waals surface area contributed by atoms with E-state index in [1.807, 2.05) is 34.9 Å². The number of carbonyl (C=O) groups is 1. The first kappa shape index (κ1) is 16.2. The third kappa shape index (κ3) is 3.30. The highest BCUT2D eigenvalue weighted by molar-refractivity contribution is 9.10. The number of esters is 1. The number of hydrogen-bond acceptors (Lipinski definition) is 7. The Hall–Kier alpha value is -2.68. The van der Waals surface area contributed by atoms with Crippen molar-refractivity contribution in [2.45, 2.75) is 6.54 Å². The van der Waals surface area contributed by atoms with Crippen molar-refractivity contribution < 1.29 is 14.3 Å². The zero-order valence-electron chi connectivity index (χ0n) is 12.8. The Morgan fingerprint density at radius 2 is 2.00 bits per heavy atom. The Morgan fingerprint density at radius 3 is 2.71 bits per heavy atom. The average Bonchev–Trinajstić information content (AvgIpc) is 2.90. The van der Waals surface area contributed by atoms with Crippen LogP contribution in [0.15, 0.2) is 35.1 Å². The molecule has 2 heterocycles. The maximum Gasteiger partial charge on any atom is 0.344 e. The molecule has 0 spiro atoms.